The molecule has 1 heteroatoms. The van der Waals surface area contributed by atoms with Gasteiger partial charge >= 0.3 is 0 Å². The molecule has 0 radical (unpaired) electrons. The van der Waals surface area contributed by atoms with Gasteiger partial charge in [0.2, 0.25) is 0 Å². The zero-order chi connectivity index (χ0) is 17.2. The average molecular weight is 333 g/mol. The summed E-state index contributed by atoms with van der Waals surface area (Å²) in [4.78, 5) is 0. The standard InChI is InChI=1S/C23H40O/c1-5-6-16-8-10-19-18-9-7-17-15-21(2,24)13-14-23(17,4)20(18)11-12-22(16,19)3/h16-20,24H,5-15H2,1-4H3. The Morgan fingerprint density at radius 1 is 0.833 bits per heavy atom. The van der Waals surface area contributed by atoms with Crippen LogP contribution >= 0.6 is 0 Å². The summed E-state index contributed by atoms with van der Waals surface area (Å²) in [5.74, 6) is 4.74. The summed E-state index contributed by atoms with van der Waals surface area (Å²) >= 11 is 0. The van der Waals surface area contributed by atoms with E-state index < -0.39 is 0 Å². The Balaban J connectivity index is 1.58. The van der Waals surface area contributed by atoms with Crippen LogP contribution in [0.25, 0.3) is 0 Å². The van der Waals surface area contributed by atoms with Gasteiger partial charge in [-0.15, -0.1) is 0 Å². The molecule has 1 N–H and O–H groups in total. The van der Waals surface area contributed by atoms with Gasteiger partial charge < -0.3 is 5.11 Å². The van der Waals surface area contributed by atoms with Gasteiger partial charge in [-0.1, -0.05) is 33.6 Å². The monoisotopic (exact) mass is 332 g/mol. The highest BCUT2D eigenvalue weighted by atomic mass is 16.3. The first-order valence-electron chi connectivity index (χ1n) is 11.0. The van der Waals surface area contributed by atoms with Crippen LogP contribution in [-0.2, 0) is 0 Å². The number of hydrogen-bond acceptors (Lipinski definition) is 1. The Bertz CT molecular complexity index is 482. The molecule has 0 aliphatic heterocycles. The molecule has 24 heavy (non-hydrogen) atoms. The molecule has 0 heterocycles. The minimum absolute atomic E-state index is 0.389. The predicted octanol–water partition coefficient (Wildman–Crippen LogP) is 6.20. The molecule has 0 spiro atoms. The summed E-state index contributed by atoms with van der Waals surface area (Å²) in [5, 5.41) is 10.6. The molecule has 138 valence electrons. The van der Waals surface area contributed by atoms with Gasteiger partial charge in [0.1, 0.15) is 0 Å². The quantitative estimate of drug-likeness (QED) is 0.638. The first-order chi connectivity index (χ1) is 11.3. The van der Waals surface area contributed by atoms with Crippen molar-refractivity contribution in [2.75, 3.05) is 0 Å². The van der Waals surface area contributed by atoms with E-state index in [1.54, 1.807) is 0 Å². The van der Waals surface area contributed by atoms with Crippen molar-refractivity contribution in [3.8, 4) is 0 Å². The van der Waals surface area contributed by atoms with Gasteiger partial charge in [0.05, 0.1) is 5.60 Å². The molecule has 8 unspecified atom stereocenters. The SMILES string of the molecule is CCCC1CCC2C3CCC4CC(C)(O)CCC4(C)C3CCC12C. The van der Waals surface area contributed by atoms with Gasteiger partial charge in [-0.05, 0) is 105 Å². The zero-order valence-electron chi connectivity index (χ0n) is 16.6. The largest absolute Gasteiger partial charge is 0.390 e. The van der Waals surface area contributed by atoms with Crippen molar-refractivity contribution in [1.29, 1.82) is 0 Å². The molecule has 0 saturated heterocycles. The van der Waals surface area contributed by atoms with Crippen LogP contribution < -0.4 is 0 Å². The third kappa shape index (κ3) is 2.43. The van der Waals surface area contributed by atoms with Crippen LogP contribution in [0.5, 0.6) is 0 Å². The van der Waals surface area contributed by atoms with Crippen LogP contribution in [0.15, 0.2) is 0 Å². The highest BCUT2D eigenvalue weighted by molar-refractivity contribution is 5.10. The van der Waals surface area contributed by atoms with Crippen LogP contribution in [0, 0.1) is 40.4 Å². The average Bonchev–Trinajstić information content (AvgIpc) is 2.85. The molecular formula is C23H40O. The summed E-state index contributed by atoms with van der Waals surface area (Å²) in [6.45, 7) is 9.75. The third-order valence-electron chi connectivity index (χ3n) is 9.79. The Morgan fingerprint density at radius 2 is 1.58 bits per heavy atom. The Labute approximate surface area is 150 Å². The molecular weight excluding hydrogens is 292 g/mol. The van der Waals surface area contributed by atoms with Crippen LogP contribution in [0.2, 0.25) is 0 Å². The van der Waals surface area contributed by atoms with Gasteiger partial charge in [0, 0.05) is 0 Å². The number of hydrogen-bond donors (Lipinski definition) is 1. The molecule has 0 amide bonds. The van der Waals surface area contributed by atoms with E-state index in [4.69, 9.17) is 0 Å². The lowest BCUT2D eigenvalue weighted by Crippen LogP contribution is -2.55. The van der Waals surface area contributed by atoms with E-state index in [0.29, 0.717) is 10.8 Å². The van der Waals surface area contributed by atoms with E-state index in [-0.39, 0.29) is 5.60 Å². The summed E-state index contributed by atoms with van der Waals surface area (Å²) in [6.07, 6.45) is 15.0. The molecule has 4 rings (SSSR count). The number of aliphatic hydroxyl groups is 1. The highest BCUT2D eigenvalue weighted by Gasteiger charge is 2.60. The maximum atomic E-state index is 10.6. The lowest BCUT2D eigenvalue weighted by Gasteiger charge is -2.62. The van der Waals surface area contributed by atoms with Crippen LogP contribution in [0.3, 0.4) is 0 Å². The lowest BCUT2D eigenvalue weighted by atomic mass is 9.44. The van der Waals surface area contributed by atoms with Crippen LogP contribution in [0.1, 0.15) is 98.3 Å². The molecule has 4 saturated carbocycles. The molecule has 0 aromatic heterocycles. The molecule has 4 aliphatic rings. The van der Waals surface area contributed by atoms with Gasteiger partial charge in [-0.25, -0.2) is 0 Å². The minimum atomic E-state index is -0.389. The molecule has 4 fully saturated rings. The van der Waals surface area contributed by atoms with Gasteiger partial charge in [-0.3, -0.25) is 0 Å². The topological polar surface area (TPSA) is 20.2 Å². The van der Waals surface area contributed by atoms with E-state index >= 15 is 0 Å². The smallest absolute Gasteiger partial charge is 0.0622 e. The summed E-state index contributed by atoms with van der Waals surface area (Å²) in [6, 6.07) is 0. The summed E-state index contributed by atoms with van der Waals surface area (Å²) in [5.41, 5.74) is 0.787. The number of fused-ring (bicyclic) bond motifs is 5. The van der Waals surface area contributed by atoms with Crippen molar-refractivity contribution < 1.29 is 5.11 Å². The van der Waals surface area contributed by atoms with Crippen molar-refractivity contribution in [2.45, 2.75) is 104 Å². The number of rotatable bonds is 2. The fraction of sp³-hybridized carbons (Fsp3) is 1.00. The normalized spacial score (nSPS) is 57.1. The van der Waals surface area contributed by atoms with E-state index in [9.17, 15) is 5.11 Å². The summed E-state index contributed by atoms with van der Waals surface area (Å²) < 4.78 is 0. The van der Waals surface area contributed by atoms with E-state index in [2.05, 4.69) is 27.7 Å². The van der Waals surface area contributed by atoms with Crippen LogP contribution in [0.4, 0.5) is 0 Å². The van der Waals surface area contributed by atoms with Gasteiger partial charge in [0.15, 0.2) is 0 Å². The molecule has 0 aromatic rings. The fourth-order valence-corrected chi connectivity index (χ4v) is 8.36. The second-order valence-corrected chi connectivity index (χ2v) is 11.0. The first kappa shape index (κ1) is 17.4. The maximum Gasteiger partial charge on any atom is 0.0622 e. The van der Waals surface area contributed by atoms with Gasteiger partial charge in [0.25, 0.3) is 0 Å². The van der Waals surface area contributed by atoms with Crippen molar-refractivity contribution in [2.24, 2.45) is 40.4 Å². The fourth-order valence-electron chi connectivity index (χ4n) is 8.36. The van der Waals surface area contributed by atoms with Crippen molar-refractivity contribution in [1.82, 2.24) is 0 Å². The Hall–Kier alpha value is -0.0400. The minimum Gasteiger partial charge on any atom is -0.390 e. The Kier molecular flexibility index (Phi) is 4.15. The second kappa shape index (κ2) is 5.73. The van der Waals surface area contributed by atoms with Crippen LogP contribution in [-0.4, -0.2) is 10.7 Å². The second-order valence-electron chi connectivity index (χ2n) is 11.0. The molecule has 8 atom stereocenters. The van der Waals surface area contributed by atoms with Crippen molar-refractivity contribution in [3.05, 3.63) is 0 Å². The summed E-state index contributed by atoms with van der Waals surface area (Å²) in [7, 11) is 0. The highest BCUT2D eigenvalue weighted by Crippen LogP contribution is 2.68. The third-order valence-corrected chi connectivity index (χ3v) is 9.79. The van der Waals surface area contributed by atoms with Gasteiger partial charge in [-0.2, -0.15) is 0 Å². The predicted molar refractivity (Wildman–Crippen MR) is 101 cm³/mol. The van der Waals surface area contributed by atoms with E-state index in [0.717, 1.165) is 42.4 Å². The molecule has 0 bridgehead atoms. The molecule has 4 aliphatic carbocycles. The maximum absolute atomic E-state index is 10.6. The molecule has 1 nitrogen and oxygen atoms in total. The zero-order valence-corrected chi connectivity index (χ0v) is 16.6. The van der Waals surface area contributed by atoms with E-state index in [1.807, 2.05) is 0 Å². The first-order valence-corrected chi connectivity index (χ1v) is 11.0. The van der Waals surface area contributed by atoms with Crippen molar-refractivity contribution in [3.63, 3.8) is 0 Å². The lowest BCUT2D eigenvalue weighted by molar-refractivity contribution is -0.146. The van der Waals surface area contributed by atoms with E-state index in [1.165, 1.54) is 57.8 Å². The Morgan fingerprint density at radius 3 is 2.33 bits per heavy atom. The molecule has 0 aromatic carbocycles. The van der Waals surface area contributed by atoms with Crippen molar-refractivity contribution >= 4 is 0 Å².